The van der Waals surface area contributed by atoms with Crippen LogP contribution in [0.2, 0.25) is 0 Å². The predicted octanol–water partition coefficient (Wildman–Crippen LogP) is 2.57. The topological polar surface area (TPSA) is 12.0 Å². The fourth-order valence-corrected chi connectivity index (χ4v) is 2.13. The number of hydrogen-bond acceptors (Lipinski definition) is 1. The Morgan fingerprint density at radius 2 is 2.23 bits per heavy atom. The minimum Gasteiger partial charge on any atom is -0.303 e. The molecule has 0 spiro atoms. The van der Waals surface area contributed by atoms with Gasteiger partial charge in [0.25, 0.3) is 0 Å². The zero-order valence-corrected chi connectivity index (χ0v) is 8.90. The Balaban J connectivity index is 2.20. The number of rotatable bonds is 3. The van der Waals surface area contributed by atoms with Gasteiger partial charge in [0.05, 0.1) is 6.54 Å². The van der Waals surface area contributed by atoms with Crippen molar-refractivity contribution in [3.63, 3.8) is 0 Å². The molecule has 1 nitrogen and oxygen atoms in total. The summed E-state index contributed by atoms with van der Waals surface area (Å²) in [4.78, 5) is 0. The van der Waals surface area contributed by atoms with Gasteiger partial charge in [0, 0.05) is 6.04 Å². The normalized spacial score (nSPS) is 27.8. The lowest BCUT2D eigenvalue weighted by Crippen LogP contribution is -2.34. The van der Waals surface area contributed by atoms with E-state index >= 15 is 0 Å². The highest BCUT2D eigenvalue weighted by Crippen LogP contribution is 2.26. The first kappa shape index (κ1) is 10.6. The second-order valence-corrected chi connectivity index (χ2v) is 3.95. The molecule has 2 unspecified atom stereocenters. The van der Waals surface area contributed by atoms with Gasteiger partial charge in [-0.3, -0.25) is 0 Å². The van der Waals surface area contributed by atoms with E-state index in [1.807, 2.05) is 6.92 Å². The Bertz CT molecular complexity index is 187. The average molecular weight is 179 g/mol. The Morgan fingerprint density at radius 3 is 2.92 bits per heavy atom. The van der Waals surface area contributed by atoms with Crippen LogP contribution >= 0.6 is 0 Å². The van der Waals surface area contributed by atoms with E-state index < -0.39 is 0 Å². The first-order chi connectivity index (χ1) is 6.36. The first-order valence-corrected chi connectivity index (χ1v) is 5.49. The van der Waals surface area contributed by atoms with Gasteiger partial charge >= 0.3 is 0 Å². The van der Waals surface area contributed by atoms with Crippen molar-refractivity contribution in [3.05, 3.63) is 0 Å². The van der Waals surface area contributed by atoms with Gasteiger partial charge in [0.1, 0.15) is 0 Å². The van der Waals surface area contributed by atoms with Gasteiger partial charge in [-0.1, -0.05) is 32.1 Å². The maximum absolute atomic E-state index is 3.51. The maximum Gasteiger partial charge on any atom is 0.0578 e. The van der Waals surface area contributed by atoms with Crippen molar-refractivity contribution in [1.29, 1.82) is 0 Å². The van der Waals surface area contributed by atoms with Crippen LogP contribution in [0.1, 0.15) is 46.0 Å². The summed E-state index contributed by atoms with van der Waals surface area (Å²) in [6, 6.07) is 0.736. The lowest BCUT2D eigenvalue weighted by Gasteiger charge is -2.28. The molecule has 1 aliphatic carbocycles. The zero-order valence-electron chi connectivity index (χ0n) is 8.90. The molecule has 0 amide bonds. The molecular formula is C12H21N. The standard InChI is InChI=1S/C12H21N/c1-3-5-9-13-12-8-6-7-11(4-2)10-12/h11-13H,4,6-10H2,1-2H3. The van der Waals surface area contributed by atoms with Gasteiger partial charge in [-0.05, 0) is 25.7 Å². The summed E-state index contributed by atoms with van der Waals surface area (Å²) >= 11 is 0. The van der Waals surface area contributed by atoms with Gasteiger partial charge in [0.2, 0.25) is 0 Å². The van der Waals surface area contributed by atoms with Gasteiger partial charge in [-0.25, -0.2) is 0 Å². The van der Waals surface area contributed by atoms with Crippen molar-refractivity contribution < 1.29 is 0 Å². The summed E-state index contributed by atoms with van der Waals surface area (Å²) in [7, 11) is 0. The lowest BCUT2D eigenvalue weighted by molar-refractivity contribution is 0.285. The Labute approximate surface area is 82.3 Å². The molecule has 0 radical (unpaired) electrons. The fraction of sp³-hybridized carbons (Fsp3) is 0.833. The van der Waals surface area contributed by atoms with E-state index in [4.69, 9.17) is 0 Å². The molecule has 0 bridgehead atoms. The van der Waals surface area contributed by atoms with Crippen molar-refractivity contribution in [3.8, 4) is 11.8 Å². The highest BCUT2D eigenvalue weighted by atomic mass is 14.9. The van der Waals surface area contributed by atoms with Crippen molar-refractivity contribution >= 4 is 0 Å². The van der Waals surface area contributed by atoms with Gasteiger partial charge in [-0.2, -0.15) is 0 Å². The van der Waals surface area contributed by atoms with E-state index in [2.05, 4.69) is 24.1 Å². The molecule has 1 aliphatic rings. The van der Waals surface area contributed by atoms with E-state index in [-0.39, 0.29) is 0 Å². The zero-order chi connectivity index (χ0) is 9.52. The minimum absolute atomic E-state index is 0.736. The lowest BCUT2D eigenvalue weighted by atomic mass is 9.84. The summed E-state index contributed by atoms with van der Waals surface area (Å²) in [5.41, 5.74) is 0. The fourth-order valence-electron chi connectivity index (χ4n) is 2.13. The van der Waals surface area contributed by atoms with E-state index in [0.717, 1.165) is 18.5 Å². The van der Waals surface area contributed by atoms with Crippen molar-refractivity contribution in [2.75, 3.05) is 6.54 Å². The van der Waals surface area contributed by atoms with Crippen molar-refractivity contribution in [2.45, 2.75) is 52.0 Å². The molecular weight excluding hydrogens is 158 g/mol. The average Bonchev–Trinajstić information content (AvgIpc) is 2.19. The van der Waals surface area contributed by atoms with Crippen LogP contribution in [0.3, 0.4) is 0 Å². The van der Waals surface area contributed by atoms with E-state index in [1.165, 1.54) is 32.1 Å². The van der Waals surface area contributed by atoms with Gasteiger partial charge in [0.15, 0.2) is 0 Å². The molecule has 1 heteroatoms. The van der Waals surface area contributed by atoms with Crippen LogP contribution in [-0.4, -0.2) is 12.6 Å². The van der Waals surface area contributed by atoms with Crippen molar-refractivity contribution in [1.82, 2.24) is 5.32 Å². The molecule has 0 aromatic carbocycles. The molecule has 0 saturated heterocycles. The Hall–Kier alpha value is -0.480. The largest absolute Gasteiger partial charge is 0.303 e. The molecule has 0 aromatic rings. The maximum atomic E-state index is 3.51. The van der Waals surface area contributed by atoms with Crippen LogP contribution in [0.15, 0.2) is 0 Å². The smallest absolute Gasteiger partial charge is 0.0578 e. The molecule has 1 rings (SSSR count). The van der Waals surface area contributed by atoms with Crippen LogP contribution in [0, 0.1) is 17.8 Å². The molecule has 13 heavy (non-hydrogen) atoms. The third kappa shape index (κ3) is 3.83. The second kappa shape index (κ2) is 6.05. The predicted molar refractivity (Wildman–Crippen MR) is 57.5 cm³/mol. The molecule has 1 N–H and O–H groups in total. The summed E-state index contributed by atoms with van der Waals surface area (Å²) < 4.78 is 0. The molecule has 0 heterocycles. The molecule has 0 aromatic heterocycles. The summed E-state index contributed by atoms with van der Waals surface area (Å²) in [5.74, 6) is 6.95. The van der Waals surface area contributed by atoms with Crippen molar-refractivity contribution in [2.24, 2.45) is 5.92 Å². The van der Waals surface area contributed by atoms with Crippen LogP contribution in [0.4, 0.5) is 0 Å². The Kier molecular flexibility index (Phi) is 4.93. The quantitative estimate of drug-likeness (QED) is 0.657. The van der Waals surface area contributed by atoms with Crippen LogP contribution in [0.25, 0.3) is 0 Å². The number of nitrogens with one attached hydrogen (secondary N) is 1. The monoisotopic (exact) mass is 179 g/mol. The molecule has 2 atom stereocenters. The molecule has 1 saturated carbocycles. The highest BCUT2D eigenvalue weighted by molar-refractivity contribution is 4.98. The van der Waals surface area contributed by atoms with E-state index in [9.17, 15) is 0 Å². The third-order valence-electron chi connectivity index (χ3n) is 3.02. The first-order valence-electron chi connectivity index (χ1n) is 5.49. The summed E-state index contributed by atoms with van der Waals surface area (Å²) in [6.45, 7) is 5.08. The summed E-state index contributed by atoms with van der Waals surface area (Å²) in [5, 5.41) is 3.51. The minimum atomic E-state index is 0.736. The van der Waals surface area contributed by atoms with Gasteiger partial charge < -0.3 is 5.32 Å². The van der Waals surface area contributed by atoms with E-state index in [0.29, 0.717) is 0 Å². The second-order valence-electron chi connectivity index (χ2n) is 3.95. The number of hydrogen-bond donors (Lipinski definition) is 1. The SMILES string of the molecule is CC#CCNC1CCCC(CC)C1. The van der Waals surface area contributed by atoms with Crippen LogP contribution in [-0.2, 0) is 0 Å². The molecule has 74 valence electrons. The molecule has 1 fully saturated rings. The summed E-state index contributed by atoms with van der Waals surface area (Å²) in [6.07, 6.45) is 6.89. The third-order valence-corrected chi connectivity index (χ3v) is 3.02. The van der Waals surface area contributed by atoms with Crippen LogP contribution < -0.4 is 5.32 Å². The van der Waals surface area contributed by atoms with Gasteiger partial charge in [-0.15, -0.1) is 5.92 Å². The Morgan fingerprint density at radius 1 is 1.38 bits per heavy atom. The van der Waals surface area contributed by atoms with E-state index in [1.54, 1.807) is 0 Å². The molecule has 0 aliphatic heterocycles. The highest BCUT2D eigenvalue weighted by Gasteiger charge is 2.19. The van der Waals surface area contributed by atoms with Crippen LogP contribution in [0.5, 0.6) is 0 Å².